The van der Waals surface area contributed by atoms with E-state index in [9.17, 15) is 8.42 Å². The summed E-state index contributed by atoms with van der Waals surface area (Å²) in [6.45, 7) is 5.09. The lowest BCUT2D eigenvalue weighted by atomic mass is 10.3. The zero-order valence-corrected chi connectivity index (χ0v) is 11.8. The summed E-state index contributed by atoms with van der Waals surface area (Å²) in [6.07, 6.45) is 4.52. The molecule has 0 saturated heterocycles. The van der Waals surface area contributed by atoms with E-state index in [1.165, 1.54) is 0 Å². The highest BCUT2D eigenvalue weighted by Crippen LogP contribution is 2.17. The molecule has 0 radical (unpaired) electrons. The number of sulfonamides is 1. The van der Waals surface area contributed by atoms with Crippen LogP contribution in [0.3, 0.4) is 0 Å². The van der Waals surface area contributed by atoms with Crippen LogP contribution >= 0.6 is 0 Å². The van der Waals surface area contributed by atoms with Gasteiger partial charge in [0, 0.05) is 19.3 Å². The topological polar surface area (TPSA) is 71.1 Å². The van der Waals surface area contributed by atoms with E-state index in [0.717, 1.165) is 19.3 Å². The van der Waals surface area contributed by atoms with Gasteiger partial charge >= 0.3 is 0 Å². The van der Waals surface area contributed by atoms with Crippen LogP contribution < -0.4 is 10.0 Å². The van der Waals surface area contributed by atoms with Crippen LogP contribution in [0.15, 0.2) is 23.2 Å². The van der Waals surface area contributed by atoms with Crippen LogP contribution in [-0.2, 0) is 10.0 Å². The third-order valence-electron chi connectivity index (χ3n) is 2.48. The maximum absolute atomic E-state index is 12.1. The van der Waals surface area contributed by atoms with Crippen LogP contribution in [-0.4, -0.2) is 26.5 Å². The Labute approximate surface area is 109 Å². The molecule has 102 valence electrons. The third-order valence-corrected chi connectivity index (χ3v) is 3.97. The van der Waals surface area contributed by atoms with Gasteiger partial charge in [-0.3, -0.25) is 0 Å². The Hall–Kier alpha value is -1.14. The average molecular weight is 271 g/mol. The molecule has 6 heteroatoms. The van der Waals surface area contributed by atoms with Crippen molar-refractivity contribution in [2.45, 2.75) is 38.0 Å². The first-order valence-corrected chi connectivity index (χ1v) is 7.78. The Balaban J connectivity index is 2.77. The van der Waals surface area contributed by atoms with Crippen molar-refractivity contribution >= 4 is 15.8 Å². The van der Waals surface area contributed by atoms with Gasteiger partial charge in [-0.1, -0.05) is 19.8 Å². The van der Waals surface area contributed by atoms with E-state index >= 15 is 0 Å². The van der Waals surface area contributed by atoms with Crippen molar-refractivity contribution in [1.29, 1.82) is 0 Å². The van der Waals surface area contributed by atoms with Crippen LogP contribution in [0.25, 0.3) is 0 Å². The first kappa shape index (κ1) is 14.9. The zero-order chi connectivity index (χ0) is 13.4. The number of rotatable bonds is 8. The van der Waals surface area contributed by atoms with Gasteiger partial charge in [0.2, 0.25) is 10.0 Å². The van der Waals surface area contributed by atoms with E-state index in [1.54, 1.807) is 18.3 Å². The summed E-state index contributed by atoms with van der Waals surface area (Å²) >= 11 is 0. The van der Waals surface area contributed by atoms with Crippen LogP contribution in [0.1, 0.15) is 33.1 Å². The lowest BCUT2D eigenvalue weighted by Gasteiger charge is -2.10. The molecule has 0 saturated carbocycles. The molecule has 2 N–H and O–H groups in total. The fraction of sp³-hybridized carbons (Fsp3) is 0.583. The number of unbranched alkanes of at least 4 members (excludes halogenated alkanes) is 2. The first-order chi connectivity index (χ1) is 8.61. The van der Waals surface area contributed by atoms with Gasteiger partial charge in [0.25, 0.3) is 0 Å². The van der Waals surface area contributed by atoms with E-state index in [-0.39, 0.29) is 4.90 Å². The zero-order valence-electron chi connectivity index (χ0n) is 10.9. The molecule has 0 aliphatic rings. The van der Waals surface area contributed by atoms with E-state index in [1.807, 2.05) is 6.92 Å². The Bertz CT molecular complexity index is 460. The highest BCUT2D eigenvalue weighted by atomic mass is 32.2. The largest absolute Gasteiger partial charge is 0.369 e. The fourth-order valence-corrected chi connectivity index (χ4v) is 2.77. The Morgan fingerprint density at radius 3 is 2.72 bits per heavy atom. The molecule has 0 atom stereocenters. The molecule has 0 aromatic carbocycles. The summed E-state index contributed by atoms with van der Waals surface area (Å²) in [4.78, 5) is 4.26. The summed E-state index contributed by atoms with van der Waals surface area (Å²) in [5.74, 6) is 0.406. The molecule has 1 aromatic heterocycles. The van der Waals surface area contributed by atoms with Crippen molar-refractivity contribution in [3.8, 4) is 0 Å². The highest BCUT2D eigenvalue weighted by Gasteiger charge is 2.18. The van der Waals surface area contributed by atoms with E-state index in [4.69, 9.17) is 0 Å². The van der Waals surface area contributed by atoms with Gasteiger partial charge in [-0.2, -0.15) is 0 Å². The molecule has 5 nitrogen and oxygen atoms in total. The molecule has 0 fully saturated rings. The highest BCUT2D eigenvalue weighted by molar-refractivity contribution is 7.89. The van der Waals surface area contributed by atoms with Crippen molar-refractivity contribution in [1.82, 2.24) is 9.71 Å². The minimum absolute atomic E-state index is 0.211. The van der Waals surface area contributed by atoms with Gasteiger partial charge in [0.1, 0.15) is 10.7 Å². The van der Waals surface area contributed by atoms with Crippen molar-refractivity contribution < 1.29 is 8.42 Å². The molecule has 0 aliphatic carbocycles. The van der Waals surface area contributed by atoms with Crippen LogP contribution in [0, 0.1) is 0 Å². The van der Waals surface area contributed by atoms with Gasteiger partial charge in [-0.25, -0.2) is 18.1 Å². The maximum atomic E-state index is 12.1. The second-order valence-corrected chi connectivity index (χ2v) is 5.72. The fourth-order valence-electron chi connectivity index (χ4n) is 1.57. The third kappa shape index (κ3) is 4.27. The standard InChI is InChI=1S/C12H21N3O2S/c1-3-5-6-10-15-18(16,17)11-8-7-9-14-12(11)13-4-2/h7-9,15H,3-6,10H2,1-2H3,(H,13,14). The lowest BCUT2D eigenvalue weighted by Crippen LogP contribution is -2.26. The van der Waals surface area contributed by atoms with Crippen molar-refractivity contribution in [2.75, 3.05) is 18.4 Å². The number of anilines is 1. The first-order valence-electron chi connectivity index (χ1n) is 6.30. The predicted molar refractivity (Wildman–Crippen MR) is 73.1 cm³/mol. The second kappa shape index (κ2) is 7.33. The second-order valence-electron chi connectivity index (χ2n) is 3.99. The number of aromatic nitrogens is 1. The summed E-state index contributed by atoms with van der Waals surface area (Å²) in [6, 6.07) is 3.19. The molecule has 0 bridgehead atoms. The predicted octanol–water partition coefficient (Wildman–Crippen LogP) is 1.98. The Morgan fingerprint density at radius 1 is 1.28 bits per heavy atom. The van der Waals surface area contributed by atoms with Gasteiger partial charge in [0.15, 0.2) is 0 Å². The summed E-state index contributed by atoms with van der Waals surface area (Å²) in [5.41, 5.74) is 0. The minimum Gasteiger partial charge on any atom is -0.369 e. The molecule has 18 heavy (non-hydrogen) atoms. The monoisotopic (exact) mass is 271 g/mol. The number of pyridine rings is 1. The molecular formula is C12H21N3O2S. The van der Waals surface area contributed by atoms with Crippen molar-refractivity contribution in [2.24, 2.45) is 0 Å². The summed E-state index contributed by atoms with van der Waals surface area (Å²) < 4.78 is 26.8. The van der Waals surface area contributed by atoms with Gasteiger partial charge in [0.05, 0.1) is 0 Å². The van der Waals surface area contributed by atoms with Gasteiger partial charge < -0.3 is 5.32 Å². The SMILES string of the molecule is CCCCCNS(=O)(=O)c1cccnc1NCC. The molecule has 1 heterocycles. The summed E-state index contributed by atoms with van der Waals surface area (Å²) in [5, 5.41) is 2.95. The van der Waals surface area contributed by atoms with E-state index in [2.05, 4.69) is 21.9 Å². The molecule has 1 aromatic rings. The van der Waals surface area contributed by atoms with Crippen LogP contribution in [0.5, 0.6) is 0 Å². The van der Waals surface area contributed by atoms with Gasteiger partial charge in [-0.05, 0) is 25.5 Å². The summed E-state index contributed by atoms with van der Waals surface area (Å²) in [7, 11) is -3.47. The number of nitrogens with zero attached hydrogens (tertiary/aromatic N) is 1. The Kier molecular flexibility index (Phi) is 6.07. The quantitative estimate of drug-likeness (QED) is 0.709. The number of hydrogen-bond acceptors (Lipinski definition) is 4. The molecule has 1 rings (SSSR count). The van der Waals surface area contributed by atoms with Crippen LogP contribution in [0.4, 0.5) is 5.82 Å². The van der Waals surface area contributed by atoms with E-state index in [0.29, 0.717) is 18.9 Å². The van der Waals surface area contributed by atoms with Crippen molar-refractivity contribution in [3.05, 3.63) is 18.3 Å². The molecular weight excluding hydrogens is 250 g/mol. The average Bonchev–Trinajstić information content (AvgIpc) is 2.36. The minimum atomic E-state index is -3.47. The molecule has 0 amide bonds. The smallest absolute Gasteiger partial charge is 0.244 e. The molecule has 0 aliphatic heterocycles. The number of nitrogens with one attached hydrogen (secondary N) is 2. The van der Waals surface area contributed by atoms with Gasteiger partial charge in [-0.15, -0.1) is 0 Å². The van der Waals surface area contributed by atoms with Crippen LogP contribution in [0.2, 0.25) is 0 Å². The maximum Gasteiger partial charge on any atom is 0.244 e. The Morgan fingerprint density at radius 2 is 2.06 bits per heavy atom. The van der Waals surface area contributed by atoms with Crippen molar-refractivity contribution in [3.63, 3.8) is 0 Å². The normalized spacial score (nSPS) is 11.4. The molecule has 0 unspecified atom stereocenters. The lowest BCUT2D eigenvalue weighted by molar-refractivity contribution is 0.576. The molecule has 0 spiro atoms. The van der Waals surface area contributed by atoms with E-state index < -0.39 is 10.0 Å². The number of hydrogen-bond donors (Lipinski definition) is 2.